The smallest absolute Gasteiger partial charge is 0.349 e. The van der Waals surface area contributed by atoms with Gasteiger partial charge >= 0.3 is 5.97 Å². The number of carboxylic acids is 1. The maximum Gasteiger partial charge on any atom is 0.349 e. The molecule has 0 fully saturated rings. The van der Waals surface area contributed by atoms with E-state index in [9.17, 15) is 9.90 Å². The lowest BCUT2D eigenvalue weighted by Gasteiger charge is -2.21. The van der Waals surface area contributed by atoms with Gasteiger partial charge in [-0.15, -0.1) is 11.3 Å². The highest BCUT2D eigenvalue weighted by Crippen LogP contribution is 2.30. The molecule has 0 bridgehead atoms. The van der Waals surface area contributed by atoms with Gasteiger partial charge in [0, 0.05) is 4.88 Å². The molecule has 5 heteroatoms. The van der Waals surface area contributed by atoms with E-state index in [2.05, 4.69) is 0 Å². The van der Waals surface area contributed by atoms with Crippen molar-refractivity contribution in [2.45, 2.75) is 39.2 Å². The molecule has 0 aliphatic rings. The van der Waals surface area contributed by atoms with Crippen molar-refractivity contribution in [1.29, 1.82) is 0 Å². The van der Waals surface area contributed by atoms with E-state index in [1.165, 1.54) is 11.3 Å². The van der Waals surface area contributed by atoms with E-state index < -0.39 is 11.6 Å². The van der Waals surface area contributed by atoms with Crippen LogP contribution in [0.3, 0.4) is 0 Å². The third kappa shape index (κ3) is 3.71. The number of carboxylic acid groups (broad SMARTS) is 1. The fraction of sp³-hybridized carbons (Fsp3) is 0.583. The molecule has 1 atom stereocenters. The van der Waals surface area contributed by atoms with Crippen LogP contribution in [0.15, 0.2) is 6.07 Å². The molecule has 1 aromatic rings. The van der Waals surface area contributed by atoms with Crippen LogP contribution in [0.5, 0.6) is 5.75 Å². The molecule has 0 saturated carbocycles. The fourth-order valence-corrected chi connectivity index (χ4v) is 2.07. The van der Waals surface area contributed by atoms with E-state index >= 15 is 0 Å². The van der Waals surface area contributed by atoms with Crippen molar-refractivity contribution in [3.63, 3.8) is 0 Å². The summed E-state index contributed by atoms with van der Waals surface area (Å²) in [6.45, 7) is 5.58. The van der Waals surface area contributed by atoms with Crippen LogP contribution in [0.1, 0.15) is 41.7 Å². The third-order valence-electron chi connectivity index (χ3n) is 2.59. The van der Waals surface area contributed by atoms with Gasteiger partial charge in [0.25, 0.3) is 0 Å². The Bertz CT molecular complexity index is 395. The summed E-state index contributed by atoms with van der Waals surface area (Å²) in [7, 11) is 0. The SMILES string of the molecule is CCc1cc(OCC(C)(O)CC)c(C(=O)O)s1. The number of ether oxygens (including phenoxy) is 1. The average molecular weight is 258 g/mol. The Kier molecular flexibility index (Phi) is 4.54. The molecular weight excluding hydrogens is 240 g/mol. The standard InChI is InChI=1S/C12H18O4S/c1-4-8-6-9(10(17-8)11(13)14)16-7-12(3,15)5-2/h6,15H,4-5,7H2,1-3H3,(H,13,14). The van der Waals surface area contributed by atoms with Gasteiger partial charge in [-0.2, -0.15) is 0 Å². The molecule has 0 radical (unpaired) electrons. The lowest BCUT2D eigenvalue weighted by molar-refractivity contribution is 0.00807. The summed E-state index contributed by atoms with van der Waals surface area (Å²) >= 11 is 1.22. The number of aromatic carboxylic acids is 1. The lowest BCUT2D eigenvalue weighted by Crippen LogP contribution is -2.31. The minimum atomic E-state index is -0.985. The number of rotatable bonds is 6. The third-order valence-corrected chi connectivity index (χ3v) is 3.84. The van der Waals surface area contributed by atoms with Crippen LogP contribution in [0.4, 0.5) is 0 Å². The van der Waals surface area contributed by atoms with Gasteiger partial charge in [-0.3, -0.25) is 0 Å². The highest BCUT2D eigenvalue weighted by atomic mass is 32.1. The Morgan fingerprint density at radius 3 is 2.65 bits per heavy atom. The molecule has 1 aromatic heterocycles. The van der Waals surface area contributed by atoms with Crippen LogP contribution >= 0.6 is 11.3 Å². The van der Waals surface area contributed by atoms with Gasteiger partial charge in [0.2, 0.25) is 0 Å². The van der Waals surface area contributed by atoms with Crippen molar-refractivity contribution in [3.8, 4) is 5.75 Å². The number of aryl methyl sites for hydroxylation is 1. The van der Waals surface area contributed by atoms with E-state index in [1.54, 1.807) is 13.0 Å². The maximum atomic E-state index is 11.0. The Morgan fingerprint density at radius 1 is 1.53 bits per heavy atom. The van der Waals surface area contributed by atoms with Crippen molar-refractivity contribution in [2.75, 3.05) is 6.61 Å². The van der Waals surface area contributed by atoms with Crippen LogP contribution in [-0.2, 0) is 6.42 Å². The van der Waals surface area contributed by atoms with Crippen molar-refractivity contribution in [3.05, 3.63) is 15.8 Å². The van der Waals surface area contributed by atoms with Gasteiger partial charge in [0.1, 0.15) is 12.4 Å². The van der Waals surface area contributed by atoms with Gasteiger partial charge in [0.15, 0.2) is 4.88 Å². The van der Waals surface area contributed by atoms with E-state index in [0.29, 0.717) is 12.2 Å². The number of carbonyl (C=O) groups is 1. The van der Waals surface area contributed by atoms with Crippen molar-refractivity contribution >= 4 is 17.3 Å². The molecule has 4 nitrogen and oxygen atoms in total. The molecular formula is C12H18O4S. The summed E-state index contributed by atoms with van der Waals surface area (Å²) < 4.78 is 5.42. The largest absolute Gasteiger partial charge is 0.489 e. The topological polar surface area (TPSA) is 66.8 Å². The van der Waals surface area contributed by atoms with E-state index in [1.807, 2.05) is 13.8 Å². The summed E-state index contributed by atoms with van der Waals surface area (Å²) in [5.74, 6) is -0.631. The Labute approximate surface area is 105 Å². The number of aliphatic hydroxyl groups is 1. The number of hydrogen-bond acceptors (Lipinski definition) is 4. The minimum Gasteiger partial charge on any atom is -0.489 e. The van der Waals surface area contributed by atoms with E-state index in [4.69, 9.17) is 9.84 Å². The highest BCUT2D eigenvalue weighted by molar-refractivity contribution is 7.14. The Hall–Kier alpha value is -1.07. The molecule has 0 aliphatic carbocycles. The van der Waals surface area contributed by atoms with Gasteiger partial charge in [-0.05, 0) is 25.8 Å². The fourth-order valence-electron chi connectivity index (χ4n) is 1.19. The van der Waals surface area contributed by atoms with Crippen molar-refractivity contribution in [2.24, 2.45) is 0 Å². The molecule has 96 valence electrons. The van der Waals surface area contributed by atoms with Gasteiger partial charge in [-0.1, -0.05) is 13.8 Å². The summed E-state index contributed by atoms with van der Waals surface area (Å²) in [5.41, 5.74) is -0.927. The van der Waals surface area contributed by atoms with Crippen LogP contribution in [-0.4, -0.2) is 28.4 Å². The number of thiophene rings is 1. The van der Waals surface area contributed by atoms with Crippen molar-refractivity contribution in [1.82, 2.24) is 0 Å². The maximum absolute atomic E-state index is 11.0. The zero-order chi connectivity index (χ0) is 13.1. The highest BCUT2D eigenvalue weighted by Gasteiger charge is 2.22. The molecule has 1 heterocycles. The normalized spacial score (nSPS) is 14.4. The minimum absolute atomic E-state index is 0.101. The quantitative estimate of drug-likeness (QED) is 0.823. The lowest BCUT2D eigenvalue weighted by atomic mass is 10.1. The van der Waals surface area contributed by atoms with Gasteiger partial charge in [0.05, 0.1) is 5.60 Å². The molecule has 0 amide bonds. The van der Waals surface area contributed by atoms with Crippen LogP contribution < -0.4 is 4.74 Å². The molecule has 1 rings (SSSR count). The Balaban J connectivity index is 2.83. The first kappa shape index (κ1) is 14.0. The molecule has 17 heavy (non-hydrogen) atoms. The molecule has 2 N–H and O–H groups in total. The summed E-state index contributed by atoms with van der Waals surface area (Å²) in [5, 5.41) is 18.8. The summed E-state index contributed by atoms with van der Waals surface area (Å²) in [4.78, 5) is 12.2. The summed E-state index contributed by atoms with van der Waals surface area (Å²) in [6, 6.07) is 1.74. The number of hydrogen-bond donors (Lipinski definition) is 2. The second kappa shape index (κ2) is 5.51. The van der Waals surface area contributed by atoms with E-state index in [0.717, 1.165) is 11.3 Å². The van der Waals surface area contributed by atoms with Crippen LogP contribution in [0, 0.1) is 0 Å². The zero-order valence-corrected chi connectivity index (χ0v) is 11.1. The predicted octanol–water partition coefficient (Wildman–Crippen LogP) is 2.55. The molecule has 1 unspecified atom stereocenters. The van der Waals surface area contributed by atoms with Crippen LogP contribution in [0.25, 0.3) is 0 Å². The van der Waals surface area contributed by atoms with Gasteiger partial charge < -0.3 is 14.9 Å². The average Bonchev–Trinajstić information content (AvgIpc) is 2.70. The Morgan fingerprint density at radius 2 is 2.18 bits per heavy atom. The molecule has 0 spiro atoms. The van der Waals surface area contributed by atoms with Crippen molar-refractivity contribution < 1.29 is 19.7 Å². The molecule has 0 aliphatic heterocycles. The molecule has 0 saturated heterocycles. The zero-order valence-electron chi connectivity index (χ0n) is 10.3. The predicted molar refractivity (Wildman–Crippen MR) is 67.1 cm³/mol. The second-order valence-corrected chi connectivity index (χ2v) is 5.34. The van der Waals surface area contributed by atoms with Crippen LogP contribution in [0.2, 0.25) is 0 Å². The first-order valence-corrected chi connectivity index (χ1v) is 6.42. The second-order valence-electron chi connectivity index (χ2n) is 4.20. The monoisotopic (exact) mass is 258 g/mol. The molecule has 0 aromatic carbocycles. The summed E-state index contributed by atoms with van der Waals surface area (Å²) in [6.07, 6.45) is 1.33. The van der Waals surface area contributed by atoms with Gasteiger partial charge in [-0.25, -0.2) is 4.79 Å². The first-order valence-electron chi connectivity index (χ1n) is 5.60. The van der Waals surface area contributed by atoms with E-state index in [-0.39, 0.29) is 11.5 Å². The first-order chi connectivity index (χ1) is 7.89.